The number of anilines is 1. The summed E-state index contributed by atoms with van der Waals surface area (Å²) in [6, 6.07) is 11.0. The molecule has 3 nitrogen and oxygen atoms in total. The maximum Gasteiger partial charge on any atom is 0.245 e. The zero-order chi connectivity index (χ0) is 13.8. The highest BCUT2D eigenvalue weighted by Crippen LogP contribution is 2.16. The van der Waals surface area contributed by atoms with Crippen molar-refractivity contribution in [3.8, 4) is 0 Å². The van der Waals surface area contributed by atoms with Crippen LogP contribution in [0.1, 0.15) is 11.6 Å². The van der Waals surface area contributed by atoms with E-state index in [1.54, 1.807) is 24.3 Å². The second-order valence-corrected chi connectivity index (χ2v) is 4.01. The van der Waals surface area contributed by atoms with Crippen molar-refractivity contribution < 1.29 is 13.6 Å². The molecule has 5 heteroatoms. The number of hydrogen-bond acceptors (Lipinski definition) is 2. The number of rotatable bonds is 3. The summed E-state index contributed by atoms with van der Waals surface area (Å²) in [6.45, 7) is 0. The van der Waals surface area contributed by atoms with Gasteiger partial charge in [0, 0.05) is 11.8 Å². The smallest absolute Gasteiger partial charge is 0.245 e. The van der Waals surface area contributed by atoms with Gasteiger partial charge in [0.15, 0.2) is 11.6 Å². The van der Waals surface area contributed by atoms with Gasteiger partial charge in [-0.2, -0.15) is 0 Å². The molecule has 0 fully saturated rings. The lowest BCUT2D eigenvalue weighted by Gasteiger charge is -2.12. The summed E-state index contributed by atoms with van der Waals surface area (Å²) in [5.41, 5.74) is 6.58. The Morgan fingerprint density at radius 2 is 1.74 bits per heavy atom. The van der Waals surface area contributed by atoms with Gasteiger partial charge in [-0.25, -0.2) is 8.78 Å². The number of nitrogens with one attached hydrogen (secondary N) is 1. The Morgan fingerprint density at radius 1 is 1.05 bits per heavy atom. The predicted octanol–water partition coefficient (Wildman–Crippen LogP) is 2.60. The van der Waals surface area contributed by atoms with Crippen LogP contribution in [0.5, 0.6) is 0 Å². The van der Waals surface area contributed by atoms with Crippen LogP contribution in [0.15, 0.2) is 48.5 Å². The van der Waals surface area contributed by atoms with Gasteiger partial charge in [-0.15, -0.1) is 0 Å². The van der Waals surface area contributed by atoms with Gasteiger partial charge >= 0.3 is 0 Å². The van der Waals surface area contributed by atoms with Crippen LogP contribution in [0.2, 0.25) is 0 Å². The third-order valence-electron chi connectivity index (χ3n) is 2.63. The van der Waals surface area contributed by atoms with E-state index in [1.165, 1.54) is 6.07 Å². The first-order valence-electron chi connectivity index (χ1n) is 5.64. The van der Waals surface area contributed by atoms with Crippen LogP contribution in [0.25, 0.3) is 0 Å². The van der Waals surface area contributed by atoms with E-state index in [-0.39, 0.29) is 5.69 Å². The van der Waals surface area contributed by atoms with Crippen LogP contribution in [0.4, 0.5) is 14.5 Å². The number of benzene rings is 2. The Balaban J connectivity index is 2.10. The van der Waals surface area contributed by atoms with Crippen molar-refractivity contribution in [1.82, 2.24) is 0 Å². The second kappa shape index (κ2) is 5.58. The zero-order valence-corrected chi connectivity index (χ0v) is 9.94. The molecule has 3 N–H and O–H groups in total. The van der Waals surface area contributed by atoms with Crippen LogP contribution < -0.4 is 11.1 Å². The van der Waals surface area contributed by atoms with Gasteiger partial charge in [0.1, 0.15) is 6.04 Å². The predicted molar refractivity (Wildman–Crippen MR) is 68.4 cm³/mol. The monoisotopic (exact) mass is 262 g/mol. The Morgan fingerprint density at radius 3 is 2.37 bits per heavy atom. The third kappa shape index (κ3) is 3.14. The Hall–Kier alpha value is -2.27. The maximum absolute atomic E-state index is 13.0. The quantitative estimate of drug-likeness (QED) is 0.893. The van der Waals surface area contributed by atoms with Crippen LogP contribution in [0, 0.1) is 11.6 Å². The van der Waals surface area contributed by atoms with Gasteiger partial charge in [-0.3, -0.25) is 4.79 Å². The molecule has 98 valence electrons. The summed E-state index contributed by atoms with van der Waals surface area (Å²) in [7, 11) is 0. The van der Waals surface area contributed by atoms with Gasteiger partial charge in [0.2, 0.25) is 5.91 Å². The molecule has 0 heterocycles. The van der Waals surface area contributed by atoms with Gasteiger partial charge in [-0.1, -0.05) is 30.3 Å². The molecule has 0 aromatic heterocycles. The van der Waals surface area contributed by atoms with Crippen molar-refractivity contribution in [3.05, 3.63) is 65.7 Å². The lowest BCUT2D eigenvalue weighted by Crippen LogP contribution is -2.27. The minimum Gasteiger partial charge on any atom is -0.324 e. The second-order valence-electron chi connectivity index (χ2n) is 4.01. The summed E-state index contributed by atoms with van der Waals surface area (Å²) >= 11 is 0. The Bertz CT molecular complexity index is 587. The molecule has 0 aliphatic carbocycles. The van der Waals surface area contributed by atoms with Crippen molar-refractivity contribution >= 4 is 11.6 Å². The maximum atomic E-state index is 13.0. The molecule has 0 saturated carbocycles. The Kier molecular flexibility index (Phi) is 3.87. The lowest BCUT2D eigenvalue weighted by molar-refractivity contribution is -0.117. The van der Waals surface area contributed by atoms with Crippen LogP contribution in [0.3, 0.4) is 0 Å². The van der Waals surface area contributed by atoms with Crippen molar-refractivity contribution in [2.75, 3.05) is 5.32 Å². The minimum absolute atomic E-state index is 0.162. The molecule has 1 atom stereocenters. The first kappa shape index (κ1) is 13.2. The highest BCUT2D eigenvalue weighted by atomic mass is 19.2. The normalized spacial score (nSPS) is 11.9. The lowest BCUT2D eigenvalue weighted by atomic mass is 10.1. The fraction of sp³-hybridized carbons (Fsp3) is 0.0714. The largest absolute Gasteiger partial charge is 0.324 e. The summed E-state index contributed by atoms with van der Waals surface area (Å²) in [5, 5.41) is 2.44. The van der Waals surface area contributed by atoms with E-state index >= 15 is 0 Å². The summed E-state index contributed by atoms with van der Waals surface area (Å²) in [4.78, 5) is 11.9. The topological polar surface area (TPSA) is 55.1 Å². The van der Waals surface area contributed by atoms with Crippen LogP contribution >= 0.6 is 0 Å². The van der Waals surface area contributed by atoms with Gasteiger partial charge in [-0.05, 0) is 17.7 Å². The highest BCUT2D eigenvalue weighted by Gasteiger charge is 2.16. The molecular formula is C14H12F2N2O. The SMILES string of the molecule is NC(C(=O)Nc1ccc(F)c(F)c1)c1ccccc1. The van der Waals surface area contributed by atoms with Crippen LogP contribution in [-0.4, -0.2) is 5.91 Å². The first-order valence-corrected chi connectivity index (χ1v) is 5.64. The van der Waals surface area contributed by atoms with Crippen LogP contribution in [-0.2, 0) is 4.79 Å². The van der Waals surface area contributed by atoms with Gasteiger partial charge < -0.3 is 11.1 Å². The summed E-state index contributed by atoms with van der Waals surface area (Å²) < 4.78 is 25.7. The van der Waals surface area contributed by atoms with Crippen molar-refractivity contribution in [1.29, 1.82) is 0 Å². The average Bonchev–Trinajstić information content (AvgIpc) is 2.43. The van der Waals surface area contributed by atoms with Gasteiger partial charge in [0.25, 0.3) is 0 Å². The number of hydrogen-bond donors (Lipinski definition) is 2. The average molecular weight is 262 g/mol. The molecule has 1 unspecified atom stereocenters. The fourth-order valence-corrected chi connectivity index (χ4v) is 1.61. The molecule has 2 aromatic carbocycles. The fourth-order valence-electron chi connectivity index (χ4n) is 1.61. The summed E-state index contributed by atoms with van der Waals surface area (Å²) in [6.07, 6.45) is 0. The number of carbonyl (C=O) groups excluding carboxylic acids is 1. The molecule has 0 aliphatic rings. The van der Waals surface area contributed by atoms with E-state index < -0.39 is 23.6 Å². The molecule has 19 heavy (non-hydrogen) atoms. The molecule has 2 aromatic rings. The molecule has 0 aliphatic heterocycles. The number of carbonyl (C=O) groups is 1. The van der Waals surface area contributed by atoms with E-state index in [0.29, 0.717) is 5.56 Å². The van der Waals surface area contributed by atoms with Crippen molar-refractivity contribution in [2.45, 2.75) is 6.04 Å². The summed E-state index contributed by atoms with van der Waals surface area (Å²) in [5.74, 6) is -2.48. The van der Waals surface area contributed by atoms with Crippen molar-refractivity contribution in [3.63, 3.8) is 0 Å². The number of nitrogens with two attached hydrogens (primary N) is 1. The standard InChI is InChI=1S/C14H12F2N2O/c15-11-7-6-10(8-12(11)16)18-14(19)13(17)9-4-2-1-3-5-9/h1-8,13H,17H2,(H,18,19). The highest BCUT2D eigenvalue weighted by molar-refractivity contribution is 5.95. The molecule has 0 radical (unpaired) electrons. The molecule has 0 bridgehead atoms. The van der Waals surface area contributed by atoms with E-state index in [9.17, 15) is 13.6 Å². The molecule has 1 amide bonds. The molecule has 0 spiro atoms. The van der Waals surface area contributed by atoms with E-state index in [1.807, 2.05) is 6.07 Å². The number of halogens is 2. The third-order valence-corrected chi connectivity index (χ3v) is 2.63. The van der Waals surface area contributed by atoms with E-state index in [4.69, 9.17) is 5.73 Å². The van der Waals surface area contributed by atoms with E-state index in [2.05, 4.69) is 5.32 Å². The zero-order valence-electron chi connectivity index (χ0n) is 9.94. The minimum atomic E-state index is -1.02. The van der Waals surface area contributed by atoms with E-state index in [0.717, 1.165) is 12.1 Å². The Labute approximate surface area is 109 Å². The van der Waals surface area contributed by atoms with Gasteiger partial charge in [0.05, 0.1) is 0 Å². The molecule has 2 rings (SSSR count). The molecule has 0 saturated heterocycles. The molecular weight excluding hydrogens is 250 g/mol. The first-order chi connectivity index (χ1) is 9.08. The number of amides is 1. The van der Waals surface area contributed by atoms with Crippen molar-refractivity contribution in [2.24, 2.45) is 5.73 Å².